The lowest BCUT2D eigenvalue weighted by Crippen LogP contribution is -2.47. The molecule has 1 amide bonds. The molecule has 2 aliphatic carbocycles. The van der Waals surface area contributed by atoms with Gasteiger partial charge in [-0.15, -0.1) is 0 Å². The maximum atomic E-state index is 14.4. The van der Waals surface area contributed by atoms with Crippen LogP contribution in [0.1, 0.15) is 98.8 Å². The summed E-state index contributed by atoms with van der Waals surface area (Å²) >= 11 is 0. The fraction of sp³-hybridized carbons (Fsp3) is 0.676. The van der Waals surface area contributed by atoms with E-state index in [1.807, 2.05) is 0 Å². The Bertz CT molecular complexity index is 1280. The highest BCUT2D eigenvalue weighted by molar-refractivity contribution is 6.01. The summed E-state index contributed by atoms with van der Waals surface area (Å²) in [6, 6.07) is 0.895. The molecule has 1 aromatic rings. The van der Waals surface area contributed by atoms with Crippen LogP contribution in [0.15, 0.2) is 22.9 Å². The number of nitrogens with zero attached hydrogens (tertiary/aromatic N) is 2. The van der Waals surface area contributed by atoms with Crippen LogP contribution in [0.25, 0.3) is 0 Å². The van der Waals surface area contributed by atoms with Gasteiger partial charge >= 0.3 is 0 Å². The van der Waals surface area contributed by atoms with Crippen molar-refractivity contribution in [1.29, 1.82) is 0 Å². The Balaban J connectivity index is 1.37. The average molecular weight is 548 g/mol. The van der Waals surface area contributed by atoms with E-state index >= 15 is 0 Å². The van der Waals surface area contributed by atoms with Crippen LogP contribution in [0.2, 0.25) is 0 Å². The summed E-state index contributed by atoms with van der Waals surface area (Å²) in [5.74, 6) is 1.65. The maximum absolute atomic E-state index is 14.4. The lowest BCUT2D eigenvalue weighted by molar-refractivity contribution is 0.0157. The molecule has 0 radical (unpaired) electrons. The van der Waals surface area contributed by atoms with Gasteiger partial charge in [0.2, 0.25) is 0 Å². The third kappa shape index (κ3) is 4.41. The quantitative estimate of drug-likeness (QED) is 0.499. The first-order valence-corrected chi connectivity index (χ1v) is 15.4. The first-order chi connectivity index (χ1) is 19.0. The van der Waals surface area contributed by atoms with Crippen LogP contribution in [0, 0.1) is 12.8 Å². The van der Waals surface area contributed by atoms with Crippen molar-refractivity contribution in [1.82, 2.24) is 15.1 Å². The zero-order chi connectivity index (χ0) is 28.6. The molecule has 218 valence electrons. The van der Waals surface area contributed by atoms with Crippen LogP contribution >= 0.6 is 0 Å². The molecule has 6 nitrogen and oxygen atoms in total. The second kappa shape index (κ2) is 9.90. The second-order valence-electron chi connectivity index (χ2n) is 14.0. The molecule has 0 aromatic heterocycles. The molecule has 3 aliphatic heterocycles. The predicted molar refractivity (Wildman–Crippen MR) is 160 cm³/mol. The first-order valence-electron chi connectivity index (χ1n) is 15.4. The molecule has 6 rings (SSSR count). The molecule has 5 aliphatic rings. The number of amides is 1. The summed E-state index contributed by atoms with van der Waals surface area (Å²) in [5, 5.41) is 3.57. The van der Waals surface area contributed by atoms with Gasteiger partial charge in [-0.05, 0) is 122 Å². The van der Waals surface area contributed by atoms with Gasteiger partial charge in [-0.25, -0.2) is 0 Å². The van der Waals surface area contributed by atoms with Gasteiger partial charge in [0, 0.05) is 60.9 Å². The minimum absolute atomic E-state index is 0.0468. The molecular formula is C34H49N3O3. The summed E-state index contributed by atoms with van der Waals surface area (Å²) in [6.07, 6.45) is 10.2. The molecule has 2 fully saturated rings. The fourth-order valence-corrected chi connectivity index (χ4v) is 8.56. The number of carbonyl (C=O) groups is 1. The van der Waals surface area contributed by atoms with Crippen molar-refractivity contribution in [2.75, 3.05) is 34.3 Å². The number of benzene rings is 1. The molecule has 1 N–H and O–H groups in total. The second-order valence-corrected chi connectivity index (χ2v) is 14.0. The Hall–Kier alpha value is -2.31. The summed E-state index contributed by atoms with van der Waals surface area (Å²) in [4.78, 5) is 18.9. The van der Waals surface area contributed by atoms with Crippen LogP contribution in [-0.2, 0) is 23.2 Å². The van der Waals surface area contributed by atoms with E-state index in [0.717, 1.165) is 42.7 Å². The molecular weight excluding hydrogens is 498 g/mol. The number of hydrogen-bond acceptors (Lipinski definition) is 5. The first kappa shape index (κ1) is 27.8. The molecule has 2 atom stereocenters. The SMILES string of the molecule is COCc1c2c(c(C)c3c1C1(CC1)CN(CC1=C(C)C=C(C)NC1C)C3=O)O[C@](C)(C1CCC(N(C)C)CC1)C2. The van der Waals surface area contributed by atoms with Crippen molar-refractivity contribution >= 4 is 5.91 Å². The van der Waals surface area contributed by atoms with E-state index < -0.39 is 0 Å². The van der Waals surface area contributed by atoms with Crippen molar-refractivity contribution in [3.05, 3.63) is 50.7 Å². The van der Waals surface area contributed by atoms with Crippen molar-refractivity contribution < 1.29 is 14.3 Å². The molecule has 1 unspecified atom stereocenters. The zero-order valence-electron chi connectivity index (χ0n) is 26.0. The number of allylic oxidation sites excluding steroid dienone is 3. The third-order valence-corrected chi connectivity index (χ3v) is 11.0. The van der Waals surface area contributed by atoms with Gasteiger partial charge in [0.1, 0.15) is 11.4 Å². The van der Waals surface area contributed by atoms with Crippen LogP contribution in [0.5, 0.6) is 5.75 Å². The Labute approximate surface area is 241 Å². The van der Waals surface area contributed by atoms with Crippen LogP contribution in [-0.4, -0.2) is 67.7 Å². The topological polar surface area (TPSA) is 54.0 Å². The van der Waals surface area contributed by atoms with Gasteiger partial charge in [-0.2, -0.15) is 0 Å². The van der Waals surface area contributed by atoms with Crippen LogP contribution in [0.3, 0.4) is 0 Å². The van der Waals surface area contributed by atoms with E-state index in [2.05, 4.69) is 69.9 Å². The number of rotatable bonds is 6. The standard InChI is InChI=1S/C34H49N3O3/c1-20-15-21(2)35-23(4)27(20)17-37-19-34(13-14-34)30-28(18-39-8)26-16-33(5,24-9-11-25(12-10-24)36(6)7)40-31(26)22(3)29(30)32(37)38/h15,23-25,35H,9-14,16-19H2,1-8H3/t23?,24?,25?,33-/m0/s1. The molecule has 1 spiro atoms. The zero-order valence-corrected chi connectivity index (χ0v) is 26.0. The van der Waals surface area contributed by atoms with E-state index in [9.17, 15) is 4.79 Å². The lowest BCUT2D eigenvalue weighted by atomic mass is 9.73. The molecule has 1 aromatic carbocycles. The van der Waals surface area contributed by atoms with Gasteiger partial charge in [0.15, 0.2) is 0 Å². The molecule has 3 heterocycles. The highest BCUT2D eigenvalue weighted by Gasteiger charge is 2.56. The number of methoxy groups -OCH3 is 1. The molecule has 40 heavy (non-hydrogen) atoms. The Morgan fingerprint density at radius 2 is 1.85 bits per heavy atom. The minimum Gasteiger partial charge on any atom is -0.486 e. The Morgan fingerprint density at radius 3 is 2.45 bits per heavy atom. The smallest absolute Gasteiger partial charge is 0.254 e. The Kier molecular flexibility index (Phi) is 6.89. The van der Waals surface area contributed by atoms with Gasteiger partial charge in [0.05, 0.1) is 12.2 Å². The van der Waals surface area contributed by atoms with Crippen molar-refractivity contribution in [3.8, 4) is 5.75 Å². The van der Waals surface area contributed by atoms with Crippen LogP contribution in [0.4, 0.5) is 0 Å². The van der Waals surface area contributed by atoms with E-state index in [0.29, 0.717) is 25.1 Å². The van der Waals surface area contributed by atoms with Gasteiger partial charge in [-0.1, -0.05) is 0 Å². The number of fused-ring (bicyclic) bond motifs is 3. The normalized spacial score (nSPS) is 30.7. The summed E-state index contributed by atoms with van der Waals surface area (Å²) < 4.78 is 12.9. The van der Waals surface area contributed by atoms with Crippen molar-refractivity contribution in [2.24, 2.45) is 5.92 Å². The predicted octanol–water partition coefficient (Wildman–Crippen LogP) is 5.65. The highest BCUT2D eigenvalue weighted by atomic mass is 16.5. The minimum atomic E-state index is -0.231. The monoisotopic (exact) mass is 547 g/mol. The molecule has 6 heteroatoms. The lowest BCUT2D eigenvalue weighted by Gasteiger charge is -2.40. The number of ether oxygens (including phenoxy) is 2. The Morgan fingerprint density at radius 1 is 1.15 bits per heavy atom. The number of carbonyl (C=O) groups excluding carboxylic acids is 1. The highest BCUT2D eigenvalue weighted by Crippen LogP contribution is 2.58. The molecule has 2 saturated carbocycles. The van der Waals surface area contributed by atoms with E-state index in [1.165, 1.54) is 59.2 Å². The van der Waals surface area contributed by atoms with E-state index in [-0.39, 0.29) is 23.0 Å². The summed E-state index contributed by atoms with van der Waals surface area (Å²) in [5.41, 5.74) is 9.39. The van der Waals surface area contributed by atoms with Gasteiger partial charge in [0.25, 0.3) is 5.91 Å². The van der Waals surface area contributed by atoms with E-state index in [4.69, 9.17) is 9.47 Å². The summed E-state index contributed by atoms with van der Waals surface area (Å²) in [6.45, 7) is 13.0. The molecule has 0 bridgehead atoms. The van der Waals surface area contributed by atoms with Crippen molar-refractivity contribution in [3.63, 3.8) is 0 Å². The number of hydrogen-bond donors (Lipinski definition) is 1. The fourth-order valence-electron chi connectivity index (χ4n) is 8.56. The maximum Gasteiger partial charge on any atom is 0.254 e. The molecule has 0 saturated heterocycles. The largest absolute Gasteiger partial charge is 0.486 e. The average Bonchev–Trinajstić information content (AvgIpc) is 3.57. The third-order valence-electron chi connectivity index (χ3n) is 11.0. The van der Waals surface area contributed by atoms with E-state index in [1.54, 1.807) is 7.11 Å². The number of dihydropyridines is 1. The van der Waals surface area contributed by atoms with Gasteiger partial charge < -0.3 is 24.6 Å². The van der Waals surface area contributed by atoms with Gasteiger partial charge in [-0.3, -0.25) is 4.79 Å². The summed E-state index contributed by atoms with van der Waals surface area (Å²) in [7, 11) is 6.19. The van der Waals surface area contributed by atoms with Crippen LogP contribution < -0.4 is 10.1 Å². The number of nitrogens with one attached hydrogen (secondary N) is 1. The van der Waals surface area contributed by atoms with Crippen molar-refractivity contribution in [2.45, 2.75) is 109 Å².